The average molecular weight is 357 g/mol. The molecule has 1 aliphatic heterocycles. The molecular weight excluding hydrogens is 332 g/mol. The Kier molecular flexibility index (Phi) is 9.13. The van der Waals surface area contributed by atoms with Gasteiger partial charge in [-0.15, -0.1) is 23.5 Å². The molecule has 1 aliphatic rings. The van der Waals surface area contributed by atoms with Crippen molar-refractivity contribution in [2.45, 2.75) is 12.3 Å². The number of carbonyl (C=O) groups excluding carboxylic acids is 1. The largest absolute Gasteiger partial charge is 0.507 e. The monoisotopic (exact) mass is 356 g/mol. The summed E-state index contributed by atoms with van der Waals surface area (Å²) in [6, 6.07) is 5.75. The number of aliphatic imine (C=N–C) groups is 1. The number of ether oxygens (including phenoxy) is 1. The molecule has 23 heavy (non-hydrogen) atoms. The van der Waals surface area contributed by atoms with Gasteiger partial charge in [0.05, 0.1) is 19.0 Å². The van der Waals surface area contributed by atoms with Crippen LogP contribution in [0.3, 0.4) is 0 Å². The SMILES string of the molecule is COC=O.CSC(=NCC1SCCN1C)c1ccc(C)cc1O. The molecule has 5 nitrogen and oxygen atoms in total. The van der Waals surface area contributed by atoms with Gasteiger partial charge in [-0.2, -0.15) is 0 Å². The third-order valence-corrected chi connectivity index (χ3v) is 5.36. The Balaban J connectivity index is 0.000000593. The minimum Gasteiger partial charge on any atom is -0.507 e. The van der Waals surface area contributed by atoms with Gasteiger partial charge in [0.1, 0.15) is 10.8 Å². The van der Waals surface area contributed by atoms with E-state index in [-0.39, 0.29) is 0 Å². The highest BCUT2D eigenvalue weighted by atomic mass is 32.2. The molecule has 1 fully saturated rings. The average Bonchev–Trinajstić information content (AvgIpc) is 2.95. The molecule has 1 atom stereocenters. The quantitative estimate of drug-likeness (QED) is 0.508. The number of hydrogen-bond donors (Lipinski definition) is 1. The second-order valence-electron chi connectivity index (χ2n) is 5.01. The summed E-state index contributed by atoms with van der Waals surface area (Å²) in [5.74, 6) is 1.50. The van der Waals surface area contributed by atoms with E-state index in [1.165, 1.54) is 12.9 Å². The zero-order chi connectivity index (χ0) is 17.2. The summed E-state index contributed by atoms with van der Waals surface area (Å²) in [4.78, 5) is 16.0. The molecule has 0 bridgehead atoms. The summed E-state index contributed by atoms with van der Waals surface area (Å²) in [5.41, 5.74) is 1.90. The fourth-order valence-corrected chi connectivity index (χ4v) is 3.84. The Morgan fingerprint density at radius 1 is 1.61 bits per heavy atom. The number of nitrogens with zero attached hydrogens (tertiary/aromatic N) is 2. The fourth-order valence-electron chi connectivity index (χ4n) is 2.04. The minimum absolute atomic E-state index is 0.320. The van der Waals surface area contributed by atoms with E-state index in [9.17, 15) is 5.11 Å². The summed E-state index contributed by atoms with van der Waals surface area (Å²) < 4.78 is 3.86. The molecule has 2 rings (SSSR count). The van der Waals surface area contributed by atoms with Crippen LogP contribution in [0.5, 0.6) is 5.75 Å². The predicted molar refractivity (Wildman–Crippen MR) is 99.7 cm³/mol. The lowest BCUT2D eigenvalue weighted by Crippen LogP contribution is -2.26. The number of aryl methyl sites for hydroxylation is 1. The Bertz CT molecular complexity index is 538. The van der Waals surface area contributed by atoms with Gasteiger partial charge < -0.3 is 9.84 Å². The molecule has 7 heteroatoms. The number of likely N-dealkylation sites (N-methyl/N-ethyl adjacent to an activating group) is 1. The van der Waals surface area contributed by atoms with Crippen LogP contribution in [0.25, 0.3) is 0 Å². The molecule has 1 aromatic carbocycles. The first-order valence-electron chi connectivity index (χ1n) is 7.20. The number of carbonyl (C=O) groups is 1. The molecule has 1 unspecified atom stereocenters. The van der Waals surface area contributed by atoms with E-state index >= 15 is 0 Å². The van der Waals surface area contributed by atoms with E-state index in [1.807, 2.05) is 37.1 Å². The number of hydrogen-bond acceptors (Lipinski definition) is 7. The lowest BCUT2D eigenvalue weighted by molar-refractivity contribution is -0.126. The first kappa shape index (κ1) is 19.9. The molecule has 1 aromatic rings. The first-order valence-corrected chi connectivity index (χ1v) is 9.47. The van der Waals surface area contributed by atoms with E-state index in [1.54, 1.807) is 17.8 Å². The summed E-state index contributed by atoms with van der Waals surface area (Å²) in [7, 11) is 3.45. The maximum Gasteiger partial charge on any atom is 0.292 e. The lowest BCUT2D eigenvalue weighted by atomic mass is 10.1. The van der Waals surface area contributed by atoms with Gasteiger partial charge in [-0.25, -0.2) is 0 Å². The molecule has 0 amide bonds. The molecule has 0 aliphatic carbocycles. The Hall–Kier alpha value is -1.18. The molecular formula is C16H24N2O3S2. The molecule has 0 aromatic heterocycles. The standard InChI is InChI=1S/C14H20N2OS2.C2H4O2/c1-10-4-5-11(12(17)8-10)14(18-3)15-9-13-16(2)6-7-19-13;1-4-2-3/h4-5,8,13,17H,6-7,9H2,1-3H3;2H,1H3. The highest BCUT2D eigenvalue weighted by molar-refractivity contribution is 8.13. The van der Waals surface area contributed by atoms with Crippen molar-refractivity contribution in [1.29, 1.82) is 0 Å². The van der Waals surface area contributed by atoms with Gasteiger partial charge in [-0.3, -0.25) is 14.7 Å². The van der Waals surface area contributed by atoms with Crippen molar-refractivity contribution in [3.8, 4) is 5.75 Å². The Morgan fingerprint density at radius 2 is 2.30 bits per heavy atom. The second-order valence-corrected chi connectivity index (χ2v) is 7.09. The van der Waals surface area contributed by atoms with E-state index in [0.29, 0.717) is 17.6 Å². The molecule has 0 spiro atoms. The maximum atomic E-state index is 10.0. The van der Waals surface area contributed by atoms with Gasteiger partial charge in [0.25, 0.3) is 6.47 Å². The number of rotatable bonds is 4. The smallest absolute Gasteiger partial charge is 0.292 e. The van der Waals surface area contributed by atoms with Crippen LogP contribution in [0.15, 0.2) is 23.2 Å². The van der Waals surface area contributed by atoms with Gasteiger partial charge in [-0.05, 0) is 37.9 Å². The van der Waals surface area contributed by atoms with E-state index < -0.39 is 0 Å². The van der Waals surface area contributed by atoms with Crippen LogP contribution in [0.4, 0.5) is 0 Å². The molecule has 0 radical (unpaired) electrons. The van der Waals surface area contributed by atoms with Crippen LogP contribution in [-0.4, -0.2) is 66.2 Å². The van der Waals surface area contributed by atoms with Crippen molar-refractivity contribution in [1.82, 2.24) is 4.90 Å². The fraction of sp³-hybridized carbons (Fsp3) is 0.500. The maximum absolute atomic E-state index is 10.0. The van der Waals surface area contributed by atoms with E-state index in [0.717, 1.165) is 29.3 Å². The second kappa shape index (κ2) is 10.6. The Morgan fingerprint density at radius 3 is 2.78 bits per heavy atom. The number of aromatic hydroxyl groups is 1. The van der Waals surface area contributed by atoms with Crippen LogP contribution in [0.1, 0.15) is 11.1 Å². The highest BCUT2D eigenvalue weighted by Gasteiger charge is 2.21. The van der Waals surface area contributed by atoms with Crippen LogP contribution in [-0.2, 0) is 9.53 Å². The summed E-state index contributed by atoms with van der Waals surface area (Å²) >= 11 is 3.54. The summed E-state index contributed by atoms with van der Waals surface area (Å²) in [5, 5.41) is 11.4. The van der Waals surface area contributed by atoms with Crippen LogP contribution in [0, 0.1) is 6.92 Å². The lowest BCUT2D eigenvalue weighted by Gasteiger charge is -2.16. The van der Waals surface area contributed by atoms with Gasteiger partial charge >= 0.3 is 0 Å². The van der Waals surface area contributed by atoms with Crippen molar-refractivity contribution >= 4 is 35.0 Å². The van der Waals surface area contributed by atoms with Crippen molar-refractivity contribution in [2.75, 3.05) is 39.3 Å². The van der Waals surface area contributed by atoms with Crippen LogP contribution in [0.2, 0.25) is 0 Å². The van der Waals surface area contributed by atoms with Gasteiger partial charge in [0.15, 0.2) is 0 Å². The van der Waals surface area contributed by atoms with Crippen molar-refractivity contribution in [3.63, 3.8) is 0 Å². The van der Waals surface area contributed by atoms with Gasteiger partial charge in [-0.1, -0.05) is 6.07 Å². The number of benzene rings is 1. The summed E-state index contributed by atoms with van der Waals surface area (Å²) in [6.07, 6.45) is 2.00. The summed E-state index contributed by atoms with van der Waals surface area (Å²) in [6.45, 7) is 4.27. The normalized spacial score (nSPS) is 18.3. The number of methoxy groups -OCH3 is 1. The van der Waals surface area contributed by atoms with Crippen molar-refractivity contribution < 1.29 is 14.6 Å². The third kappa shape index (κ3) is 6.45. The third-order valence-electron chi connectivity index (χ3n) is 3.31. The van der Waals surface area contributed by atoms with E-state index in [2.05, 4.69) is 16.7 Å². The zero-order valence-corrected chi connectivity index (χ0v) is 15.6. The predicted octanol–water partition coefficient (Wildman–Crippen LogP) is 2.60. The number of phenolic OH excluding ortho intramolecular Hbond substituents is 1. The van der Waals surface area contributed by atoms with Gasteiger partial charge in [0, 0.05) is 17.9 Å². The molecule has 1 heterocycles. The molecule has 1 N–H and O–H groups in total. The Labute approximate surface area is 146 Å². The molecule has 1 saturated heterocycles. The van der Waals surface area contributed by atoms with Crippen LogP contribution < -0.4 is 0 Å². The first-order chi connectivity index (χ1) is 11.0. The van der Waals surface area contributed by atoms with Crippen molar-refractivity contribution in [3.05, 3.63) is 29.3 Å². The van der Waals surface area contributed by atoms with Crippen molar-refractivity contribution in [2.24, 2.45) is 4.99 Å². The topological polar surface area (TPSA) is 62.1 Å². The number of thioether (sulfide) groups is 2. The molecule has 128 valence electrons. The van der Waals surface area contributed by atoms with Crippen LogP contribution >= 0.6 is 23.5 Å². The number of phenols is 1. The minimum atomic E-state index is 0.320. The molecule has 0 saturated carbocycles. The zero-order valence-electron chi connectivity index (χ0n) is 14.0. The van der Waals surface area contributed by atoms with E-state index in [4.69, 9.17) is 9.79 Å². The highest BCUT2D eigenvalue weighted by Crippen LogP contribution is 2.25. The van der Waals surface area contributed by atoms with Gasteiger partial charge in [0.2, 0.25) is 0 Å².